The van der Waals surface area contributed by atoms with E-state index in [0.29, 0.717) is 4.47 Å². The van der Waals surface area contributed by atoms with E-state index in [9.17, 15) is 13.2 Å². The summed E-state index contributed by atoms with van der Waals surface area (Å²) < 4.78 is 24.9. The first kappa shape index (κ1) is 16.0. The molecular formula is C12H17BrN2O3S. The second-order valence-electron chi connectivity index (χ2n) is 5.24. The summed E-state index contributed by atoms with van der Waals surface area (Å²) in [6, 6.07) is 4.46. The highest BCUT2D eigenvalue weighted by Crippen LogP contribution is 2.23. The third-order valence-electron chi connectivity index (χ3n) is 2.14. The molecule has 0 saturated heterocycles. The molecule has 0 spiro atoms. The fraction of sp³-hybridized carbons (Fsp3) is 0.417. The zero-order chi connectivity index (χ0) is 14.8. The van der Waals surface area contributed by atoms with Crippen LogP contribution in [0.2, 0.25) is 0 Å². The Morgan fingerprint density at radius 3 is 2.42 bits per heavy atom. The molecule has 0 saturated carbocycles. The number of benzene rings is 1. The lowest BCUT2D eigenvalue weighted by atomic mass is 10.1. The standard InChI is InChI=1S/C12H17BrN2O3S/c1-12(2,3)15-11(16)7-19(17,18)10-5-4-8(13)6-9(10)14/h4-6H,7,14H2,1-3H3,(H,15,16). The van der Waals surface area contributed by atoms with Gasteiger partial charge in [-0.05, 0) is 39.0 Å². The van der Waals surface area contributed by atoms with E-state index in [2.05, 4.69) is 21.2 Å². The molecule has 1 aromatic carbocycles. The minimum Gasteiger partial charge on any atom is -0.398 e. The summed E-state index contributed by atoms with van der Waals surface area (Å²) in [5.41, 5.74) is 5.32. The lowest BCUT2D eigenvalue weighted by Gasteiger charge is -2.20. The minimum absolute atomic E-state index is 0.0280. The number of sulfone groups is 1. The van der Waals surface area contributed by atoms with Crippen molar-refractivity contribution in [1.29, 1.82) is 0 Å². The number of nitrogens with two attached hydrogens (primary N) is 1. The highest BCUT2D eigenvalue weighted by atomic mass is 79.9. The molecule has 1 amide bonds. The zero-order valence-corrected chi connectivity index (χ0v) is 13.4. The number of hydrogen-bond acceptors (Lipinski definition) is 4. The molecule has 5 nitrogen and oxygen atoms in total. The minimum atomic E-state index is -3.74. The summed E-state index contributed by atoms with van der Waals surface area (Å²) in [5.74, 6) is -1.16. The van der Waals surface area contributed by atoms with Gasteiger partial charge in [0.1, 0.15) is 5.75 Å². The van der Waals surface area contributed by atoms with Gasteiger partial charge in [-0.3, -0.25) is 4.79 Å². The summed E-state index contributed by atoms with van der Waals surface area (Å²) in [6.45, 7) is 5.35. The number of hydrogen-bond donors (Lipinski definition) is 2. The predicted molar refractivity (Wildman–Crippen MR) is 78.5 cm³/mol. The van der Waals surface area contributed by atoms with Gasteiger partial charge in [0.25, 0.3) is 0 Å². The molecule has 0 bridgehead atoms. The monoisotopic (exact) mass is 348 g/mol. The lowest BCUT2D eigenvalue weighted by molar-refractivity contribution is -0.120. The Balaban J connectivity index is 2.96. The van der Waals surface area contributed by atoms with Crippen molar-refractivity contribution < 1.29 is 13.2 Å². The van der Waals surface area contributed by atoms with Crippen LogP contribution in [-0.2, 0) is 14.6 Å². The van der Waals surface area contributed by atoms with Gasteiger partial charge in [0.15, 0.2) is 9.84 Å². The average molecular weight is 349 g/mol. The molecule has 0 heterocycles. The zero-order valence-electron chi connectivity index (χ0n) is 11.0. The lowest BCUT2D eigenvalue weighted by Crippen LogP contribution is -2.43. The van der Waals surface area contributed by atoms with E-state index in [-0.39, 0.29) is 10.6 Å². The fourth-order valence-electron chi connectivity index (χ4n) is 1.51. The van der Waals surface area contributed by atoms with Crippen molar-refractivity contribution in [2.45, 2.75) is 31.2 Å². The summed E-state index contributed by atoms with van der Waals surface area (Å²) in [4.78, 5) is 11.7. The molecule has 1 aromatic rings. The van der Waals surface area contributed by atoms with Crippen molar-refractivity contribution in [1.82, 2.24) is 5.32 Å². The maximum Gasteiger partial charge on any atom is 0.235 e. The van der Waals surface area contributed by atoms with E-state index in [4.69, 9.17) is 5.73 Å². The smallest absolute Gasteiger partial charge is 0.235 e. The Bertz CT molecular complexity index is 591. The number of nitrogens with one attached hydrogen (secondary N) is 1. The molecule has 0 fully saturated rings. The number of nitrogen functional groups attached to an aromatic ring is 1. The van der Waals surface area contributed by atoms with Gasteiger partial charge in [0, 0.05) is 10.0 Å². The van der Waals surface area contributed by atoms with Crippen LogP contribution in [0, 0.1) is 0 Å². The van der Waals surface area contributed by atoms with Gasteiger partial charge in [-0.1, -0.05) is 15.9 Å². The molecule has 106 valence electrons. The molecule has 1 rings (SSSR count). The third kappa shape index (κ3) is 4.83. The SMILES string of the molecule is CC(C)(C)NC(=O)CS(=O)(=O)c1ccc(Br)cc1N. The molecule has 0 aliphatic rings. The molecule has 3 N–H and O–H groups in total. The number of carbonyl (C=O) groups is 1. The van der Waals surface area contributed by atoms with Gasteiger partial charge in [0.05, 0.1) is 10.6 Å². The Hall–Kier alpha value is -1.08. The fourth-order valence-corrected chi connectivity index (χ4v) is 3.15. The summed E-state index contributed by atoms with van der Waals surface area (Å²) in [7, 11) is -3.74. The number of amides is 1. The Kier molecular flexibility index (Phi) is 4.63. The van der Waals surface area contributed by atoms with Crippen molar-refractivity contribution in [3.63, 3.8) is 0 Å². The van der Waals surface area contributed by atoms with Gasteiger partial charge < -0.3 is 11.1 Å². The van der Waals surface area contributed by atoms with Crippen LogP contribution in [0.4, 0.5) is 5.69 Å². The van der Waals surface area contributed by atoms with Crippen molar-refractivity contribution >= 4 is 37.4 Å². The maximum absolute atomic E-state index is 12.1. The maximum atomic E-state index is 12.1. The number of rotatable bonds is 3. The van der Waals surface area contributed by atoms with Gasteiger partial charge in [-0.25, -0.2) is 8.42 Å². The second-order valence-corrected chi connectivity index (χ2v) is 8.11. The van der Waals surface area contributed by atoms with Crippen molar-refractivity contribution in [3.05, 3.63) is 22.7 Å². The first-order valence-electron chi connectivity index (χ1n) is 5.60. The van der Waals surface area contributed by atoms with Gasteiger partial charge in [-0.2, -0.15) is 0 Å². The highest BCUT2D eigenvalue weighted by molar-refractivity contribution is 9.10. The van der Waals surface area contributed by atoms with E-state index < -0.39 is 27.0 Å². The number of carbonyl (C=O) groups excluding carboxylic acids is 1. The van der Waals surface area contributed by atoms with Crippen LogP contribution >= 0.6 is 15.9 Å². The summed E-state index contributed by atoms with van der Waals surface area (Å²) >= 11 is 3.20. The van der Waals surface area contributed by atoms with Crippen molar-refractivity contribution in [3.8, 4) is 0 Å². The summed E-state index contributed by atoms with van der Waals surface area (Å²) in [5, 5.41) is 2.61. The van der Waals surface area contributed by atoms with E-state index in [0.717, 1.165) is 0 Å². The van der Waals surface area contributed by atoms with Gasteiger partial charge in [0.2, 0.25) is 5.91 Å². The number of anilines is 1. The molecule has 0 atom stereocenters. The predicted octanol–water partition coefficient (Wildman–Crippen LogP) is 1.72. The van der Waals surface area contributed by atoms with Gasteiger partial charge >= 0.3 is 0 Å². The van der Waals surface area contributed by atoms with Crippen LogP contribution in [0.5, 0.6) is 0 Å². The van der Waals surface area contributed by atoms with Crippen molar-refractivity contribution in [2.24, 2.45) is 0 Å². The van der Waals surface area contributed by atoms with Crippen LogP contribution in [0.3, 0.4) is 0 Å². The first-order chi connectivity index (χ1) is 8.51. The molecule has 0 aromatic heterocycles. The second kappa shape index (κ2) is 5.50. The molecule has 7 heteroatoms. The van der Waals surface area contributed by atoms with E-state index in [1.54, 1.807) is 26.8 Å². The quantitative estimate of drug-likeness (QED) is 0.813. The molecule has 19 heavy (non-hydrogen) atoms. The Labute approximate surface area is 121 Å². The van der Waals surface area contributed by atoms with Crippen LogP contribution in [0.15, 0.2) is 27.6 Å². The first-order valence-corrected chi connectivity index (χ1v) is 8.04. The molecule has 0 unspecified atom stereocenters. The molecule has 0 aliphatic carbocycles. The largest absolute Gasteiger partial charge is 0.398 e. The highest BCUT2D eigenvalue weighted by Gasteiger charge is 2.24. The van der Waals surface area contributed by atoms with E-state index in [1.165, 1.54) is 12.1 Å². The van der Waals surface area contributed by atoms with E-state index in [1.807, 2.05) is 0 Å². The van der Waals surface area contributed by atoms with Crippen LogP contribution < -0.4 is 11.1 Å². The van der Waals surface area contributed by atoms with Crippen molar-refractivity contribution in [2.75, 3.05) is 11.5 Å². The Morgan fingerprint density at radius 1 is 1.37 bits per heavy atom. The van der Waals surface area contributed by atoms with Crippen LogP contribution in [0.1, 0.15) is 20.8 Å². The van der Waals surface area contributed by atoms with E-state index >= 15 is 0 Å². The van der Waals surface area contributed by atoms with Gasteiger partial charge in [-0.15, -0.1) is 0 Å². The third-order valence-corrected chi connectivity index (χ3v) is 4.32. The number of halogens is 1. The normalized spacial score (nSPS) is 12.2. The molecule has 0 aliphatic heterocycles. The molecular weight excluding hydrogens is 332 g/mol. The average Bonchev–Trinajstić information content (AvgIpc) is 2.11. The summed E-state index contributed by atoms with van der Waals surface area (Å²) in [6.07, 6.45) is 0. The van der Waals surface area contributed by atoms with Crippen LogP contribution in [-0.4, -0.2) is 25.6 Å². The van der Waals surface area contributed by atoms with Crippen LogP contribution in [0.25, 0.3) is 0 Å². The molecule has 0 radical (unpaired) electrons. The topological polar surface area (TPSA) is 89.3 Å². The Morgan fingerprint density at radius 2 is 1.95 bits per heavy atom.